The van der Waals surface area contributed by atoms with Crippen molar-refractivity contribution < 1.29 is 9.47 Å². The molecule has 2 rings (SSSR count). The Labute approximate surface area is 84.8 Å². The molecule has 1 aromatic carbocycles. The summed E-state index contributed by atoms with van der Waals surface area (Å²) in [6, 6.07) is 6.05. The van der Waals surface area contributed by atoms with Crippen molar-refractivity contribution in [1.82, 2.24) is 0 Å². The quantitative estimate of drug-likeness (QED) is 0.733. The molecule has 1 saturated carbocycles. The van der Waals surface area contributed by atoms with Crippen LogP contribution in [0.4, 0.5) is 0 Å². The van der Waals surface area contributed by atoms with Crippen LogP contribution in [0.3, 0.4) is 0 Å². The number of benzene rings is 1. The Bertz CT molecular complexity index is 316. The standard InChI is InChI=1S/C12H16O2/c1-9-6-7-11(12(8-9)13-2)14-10-4-3-5-10/h6-8,10H,3-5H2,1-2H3. The second-order valence-corrected chi connectivity index (χ2v) is 3.83. The van der Waals surface area contributed by atoms with Crippen LogP contribution in [0.1, 0.15) is 24.8 Å². The third kappa shape index (κ3) is 1.84. The summed E-state index contributed by atoms with van der Waals surface area (Å²) >= 11 is 0. The average molecular weight is 192 g/mol. The predicted octanol–water partition coefficient (Wildman–Crippen LogP) is 2.93. The number of ether oxygens (including phenoxy) is 2. The summed E-state index contributed by atoms with van der Waals surface area (Å²) in [5, 5.41) is 0. The van der Waals surface area contributed by atoms with Crippen LogP contribution in [0.2, 0.25) is 0 Å². The molecule has 0 N–H and O–H groups in total. The van der Waals surface area contributed by atoms with Gasteiger partial charge in [-0.15, -0.1) is 0 Å². The van der Waals surface area contributed by atoms with Crippen LogP contribution in [-0.2, 0) is 0 Å². The summed E-state index contributed by atoms with van der Waals surface area (Å²) in [7, 11) is 1.68. The molecule has 0 amide bonds. The normalized spacial score (nSPS) is 16.1. The molecule has 0 heterocycles. The minimum atomic E-state index is 0.409. The highest BCUT2D eigenvalue weighted by Gasteiger charge is 2.20. The number of hydrogen-bond donors (Lipinski definition) is 0. The minimum absolute atomic E-state index is 0.409. The van der Waals surface area contributed by atoms with E-state index in [9.17, 15) is 0 Å². The van der Waals surface area contributed by atoms with Crippen LogP contribution in [0.5, 0.6) is 11.5 Å². The molecular formula is C12H16O2. The fraction of sp³-hybridized carbons (Fsp3) is 0.500. The fourth-order valence-electron chi connectivity index (χ4n) is 1.54. The van der Waals surface area contributed by atoms with Crippen molar-refractivity contribution in [2.75, 3.05) is 7.11 Å². The molecule has 1 fully saturated rings. The highest BCUT2D eigenvalue weighted by atomic mass is 16.5. The summed E-state index contributed by atoms with van der Waals surface area (Å²) in [6.45, 7) is 2.05. The van der Waals surface area contributed by atoms with Gasteiger partial charge in [0.25, 0.3) is 0 Å². The van der Waals surface area contributed by atoms with E-state index in [1.54, 1.807) is 7.11 Å². The maximum absolute atomic E-state index is 5.80. The van der Waals surface area contributed by atoms with Gasteiger partial charge < -0.3 is 9.47 Å². The van der Waals surface area contributed by atoms with E-state index in [1.807, 2.05) is 12.1 Å². The molecule has 0 bridgehead atoms. The van der Waals surface area contributed by atoms with Gasteiger partial charge in [0.1, 0.15) is 0 Å². The molecule has 0 radical (unpaired) electrons. The molecule has 1 aromatic rings. The van der Waals surface area contributed by atoms with Crippen LogP contribution in [-0.4, -0.2) is 13.2 Å². The molecule has 0 unspecified atom stereocenters. The Hall–Kier alpha value is -1.18. The summed E-state index contributed by atoms with van der Waals surface area (Å²) in [4.78, 5) is 0. The Morgan fingerprint density at radius 1 is 1.21 bits per heavy atom. The molecule has 1 aliphatic carbocycles. The van der Waals surface area contributed by atoms with Gasteiger partial charge in [0.05, 0.1) is 13.2 Å². The van der Waals surface area contributed by atoms with Gasteiger partial charge in [0.2, 0.25) is 0 Å². The van der Waals surface area contributed by atoms with Crippen LogP contribution in [0.15, 0.2) is 18.2 Å². The second kappa shape index (κ2) is 3.91. The zero-order valence-corrected chi connectivity index (χ0v) is 8.75. The number of aryl methyl sites for hydroxylation is 1. The SMILES string of the molecule is COc1cc(C)ccc1OC1CCC1. The summed E-state index contributed by atoms with van der Waals surface area (Å²) < 4.78 is 11.1. The maximum atomic E-state index is 5.80. The lowest BCUT2D eigenvalue weighted by molar-refractivity contribution is 0.116. The second-order valence-electron chi connectivity index (χ2n) is 3.83. The smallest absolute Gasteiger partial charge is 0.161 e. The fourth-order valence-corrected chi connectivity index (χ4v) is 1.54. The van der Waals surface area contributed by atoms with Crippen molar-refractivity contribution in [1.29, 1.82) is 0 Å². The minimum Gasteiger partial charge on any atom is -0.493 e. The zero-order chi connectivity index (χ0) is 9.97. The Kier molecular flexibility index (Phi) is 2.62. The number of methoxy groups -OCH3 is 1. The van der Waals surface area contributed by atoms with E-state index in [2.05, 4.69) is 13.0 Å². The van der Waals surface area contributed by atoms with Crippen molar-refractivity contribution >= 4 is 0 Å². The van der Waals surface area contributed by atoms with E-state index in [1.165, 1.54) is 24.8 Å². The van der Waals surface area contributed by atoms with Gasteiger partial charge in [-0.1, -0.05) is 6.07 Å². The lowest BCUT2D eigenvalue weighted by atomic mass is 9.96. The molecule has 2 nitrogen and oxygen atoms in total. The van der Waals surface area contributed by atoms with Gasteiger partial charge in [-0.2, -0.15) is 0 Å². The largest absolute Gasteiger partial charge is 0.493 e. The average Bonchev–Trinajstić information content (AvgIpc) is 2.13. The summed E-state index contributed by atoms with van der Waals surface area (Å²) in [5.41, 5.74) is 1.20. The first-order valence-corrected chi connectivity index (χ1v) is 5.11. The van der Waals surface area contributed by atoms with Gasteiger partial charge in [-0.3, -0.25) is 0 Å². The van der Waals surface area contributed by atoms with E-state index in [4.69, 9.17) is 9.47 Å². The Balaban J connectivity index is 2.14. The summed E-state index contributed by atoms with van der Waals surface area (Å²) in [6.07, 6.45) is 4.05. The van der Waals surface area contributed by atoms with Crippen LogP contribution >= 0.6 is 0 Å². The van der Waals surface area contributed by atoms with Crippen molar-refractivity contribution in [3.8, 4) is 11.5 Å². The van der Waals surface area contributed by atoms with E-state index in [-0.39, 0.29) is 0 Å². The van der Waals surface area contributed by atoms with E-state index in [0.717, 1.165) is 11.5 Å². The Morgan fingerprint density at radius 3 is 2.57 bits per heavy atom. The number of hydrogen-bond acceptors (Lipinski definition) is 2. The first-order chi connectivity index (χ1) is 6.79. The number of rotatable bonds is 3. The molecule has 0 saturated heterocycles. The molecule has 0 aromatic heterocycles. The maximum Gasteiger partial charge on any atom is 0.161 e. The Morgan fingerprint density at radius 2 is 2.00 bits per heavy atom. The van der Waals surface area contributed by atoms with E-state index >= 15 is 0 Å². The van der Waals surface area contributed by atoms with Gasteiger partial charge in [-0.25, -0.2) is 0 Å². The van der Waals surface area contributed by atoms with Crippen LogP contribution < -0.4 is 9.47 Å². The van der Waals surface area contributed by atoms with Crippen LogP contribution in [0.25, 0.3) is 0 Å². The third-order valence-electron chi connectivity index (χ3n) is 2.66. The highest BCUT2D eigenvalue weighted by molar-refractivity contribution is 5.42. The first kappa shape index (κ1) is 9.38. The zero-order valence-electron chi connectivity index (χ0n) is 8.75. The van der Waals surface area contributed by atoms with Crippen molar-refractivity contribution in [3.05, 3.63) is 23.8 Å². The van der Waals surface area contributed by atoms with Gasteiger partial charge >= 0.3 is 0 Å². The third-order valence-corrected chi connectivity index (χ3v) is 2.66. The lowest BCUT2D eigenvalue weighted by Crippen LogP contribution is -2.24. The van der Waals surface area contributed by atoms with Gasteiger partial charge in [-0.05, 0) is 43.9 Å². The molecule has 76 valence electrons. The summed E-state index contributed by atoms with van der Waals surface area (Å²) in [5.74, 6) is 1.72. The molecule has 14 heavy (non-hydrogen) atoms. The predicted molar refractivity (Wildman–Crippen MR) is 56.0 cm³/mol. The topological polar surface area (TPSA) is 18.5 Å². The molecule has 1 aliphatic rings. The van der Waals surface area contributed by atoms with Crippen molar-refractivity contribution in [2.24, 2.45) is 0 Å². The van der Waals surface area contributed by atoms with Crippen molar-refractivity contribution in [2.45, 2.75) is 32.3 Å². The monoisotopic (exact) mass is 192 g/mol. The molecule has 2 heteroatoms. The molecule has 0 atom stereocenters. The van der Waals surface area contributed by atoms with Gasteiger partial charge in [0, 0.05) is 0 Å². The molecular weight excluding hydrogens is 176 g/mol. The van der Waals surface area contributed by atoms with Crippen molar-refractivity contribution in [3.63, 3.8) is 0 Å². The molecule has 0 aliphatic heterocycles. The molecule has 0 spiro atoms. The first-order valence-electron chi connectivity index (χ1n) is 5.11. The lowest BCUT2D eigenvalue weighted by Gasteiger charge is -2.27. The van der Waals surface area contributed by atoms with Gasteiger partial charge in [0.15, 0.2) is 11.5 Å². The van der Waals surface area contributed by atoms with E-state index < -0.39 is 0 Å². The van der Waals surface area contributed by atoms with Crippen LogP contribution in [0, 0.1) is 6.92 Å². The highest BCUT2D eigenvalue weighted by Crippen LogP contribution is 2.32. The van der Waals surface area contributed by atoms with E-state index in [0.29, 0.717) is 6.10 Å².